The van der Waals surface area contributed by atoms with E-state index < -0.39 is 12.0 Å². The highest BCUT2D eigenvalue weighted by Crippen LogP contribution is 2.23. The summed E-state index contributed by atoms with van der Waals surface area (Å²) >= 11 is 6.71. The number of carboxylic acids is 1. The van der Waals surface area contributed by atoms with Gasteiger partial charge in [0, 0.05) is 28.7 Å². The van der Waals surface area contributed by atoms with Crippen LogP contribution >= 0.6 is 31.9 Å². The lowest BCUT2D eigenvalue weighted by atomic mass is 10.1. The fraction of sp³-hybridized carbons (Fsp3) is 0.385. The van der Waals surface area contributed by atoms with Crippen LogP contribution in [0.1, 0.15) is 12.0 Å². The van der Waals surface area contributed by atoms with E-state index in [2.05, 4.69) is 31.9 Å². The van der Waals surface area contributed by atoms with Gasteiger partial charge in [-0.3, -0.25) is 4.79 Å². The van der Waals surface area contributed by atoms with E-state index in [0.717, 1.165) is 10.0 Å². The van der Waals surface area contributed by atoms with E-state index >= 15 is 0 Å². The summed E-state index contributed by atoms with van der Waals surface area (Å²) in [5, 5.41) is 9.34. The van der Waals surface area contributed by atoms with E-state index in [-0.39, 0.29) is 10.7 Å². The third-order valence-corrected chi connectivity index (χ3v) is 4.26. The average molecular weight is 391 g/mol. The Bertz CT molecular complexity index is 489. The van der Waals surface area contributed by atoms with Crippen molar-refractivity contribution in [1.82, 2.24) is 4.90 Å². The van der Waals surface area contributed by atoms with Crippen LogP contribution in [0.25, 0.3) is 0 Å². The van der Waals surface area contributed by atoms with Gasteiger partial charge in [0.25, 0.3) is 0 Å². The molecular formula is C13H13Br2NO3. The van der Waals surface area contributed by atoms with Crippen molar-refractivity contribution >= 4 is 43.7 Å². The molecule has 1 aliphatic heterocycles. The first-order valence-corrected chi connectivity index (χ1v) is 7.59. The molecule has 1 heterocycles. The van der Waals surface area contributed by atoms with E-state index in [4.69, 9.17) is 0 Å². The van der Waals surface area contributed by atoms with Crippen molar-refractivity contribution in [2.75, 3.05) is 6.54 Å². The molecule has 1 saturated heterocycles. The van der Waals surface area contributed by atoms with Crippen LogP contribution in [0.2, 0.25) is 0 Å². The van der Waals surface area contributed by atoms with Gasteiger partial charge in [0.1, 0.15) is 6.04 Å². The molecule has 0 aromatic heterocycles. The number of rotatable bonds is 4. The molecule has 0 bridgehead atoms. The van der Waals surface area contributed by atoms with Crippen molar-refractivity contribution < 1.29 is 14.7 Å². The molecule has 2 rings (SSSR count). The minimum Gasteiger partial charge on any atom is -0.480 e. The predicted octanol–water partition coefficient (Wildman–Crippen LogP) is 2.44. The van der Waals surface area contributed by atoms with Crippen molar-refractivity contribution in [2.45, 2.75) is 23.7 Å². The van der Waals surface area contributed by atoms with Gasteiger partial charge in [-0.25, -0.2) is 4.79 Å². The number of carbonyl (C=O) groups is 2. The normalized spacial score (nSPS) is 20.6. The lowest BCUT2D eigenvalue weighted by Crippen LogP contribution is -2.43. The Morgan fingerprint density at radius 2 is 2.05 bits per heavy atom. The van der Waals surface area contributed by atoms with Gasteiger partial charge in [0.2, 0.25) is 5.91 Å². The van der Waals surface area contributed by atoms with Crippen LogP contribution in [0.15, 0.2) is 28.7 Å². The molecular weight excluding hydrogens is 378 g/mol. The van der Waals surface area contributed by atoms with Gasteiger partial charge in [-0.1, -0.05) is 44.0 Å². The molecule has 4 nitrogen and oxygen atoms in total. The molecule has 0 spiro atoms. The number of carboxylic acid groups (broad SMARTS) is 1. The number of nitrogens with zero attached hydrogens (tertiary/aromatic N) is 1. The maximum Gasteiger partial charge on any atom is 0.326 e. The summed E-state index contributed by atoms with van der Waals surface area (Å²) in [5.74, 6) is -1.07. The Morgan fingerprint density at radius 3 is 2.53 bits per heavy atom. The zero-order valence-electron chi connectivity index (χ0n) is 10.1. The maximum atomic E-state index is 11.8. The topological polar surface area (TPSA) is 57.6 Å². The zero-order chi connectivity index (χ0) is 14.0. The highest BCUT2D eigenvalue weighted by Gasteiger charge is 2.36. The molecule has 1 aliphatic rings. The summed E-state index contributed by atoms with van der Waals surface area (Å²) in [6.45, 7) is 0.451. The first-order valence-electron chi connectivity index (χ1n) is 5.88. The molecule has 1 aromatic rings. The van der Waals surface area contributed by atoms with Crippen LogP contribution in [0.4, 0.5) is 0 Å². The average Bonchev–Trinajstić information content (AvgIpc) is 2.67. The standard InChI is InChI=1S/C13H13Br2NO3/c14-9-3-1-8(2-4-9)5-11(13(18)19)16-7-10(15)6-12(16)17/h1-4,10-11H,5-7H2,(H,18,19). The fourth-order valence-electron chi connectivity index (χ4n) is 2.16. The molecule has 0 saturated carbocycles. The monoisotopic (exact) mass is 389 g/mol. The highest BCUT2D eigenvalue weighted by molar-refractivity contribution is 9.10. The van der Waals surface area contributed by atoms with Crippen molar-refractivity contribution in [3.05, 3.63) is 34.3 Å². The van der Waals surface area contributed by atoms with Crippen LogP contribution < -0.4 is 0 Å². The van der Waals surface area contributed by atoms with Crippen molar-refractivity contribution in [2.24, 2.45) is 0 Å². The SMILES string of the molecule is O=C(O)C(Cc1ccc(Br)cc1)N1CC(Br)CC1=O. The third-order valence-electron chi connectivity index (χ3n) is 3.11. The number of halogens is 2. The molecule has 102 valence electrons. The molecule has 0 radical (unpaired) electrons. The summed E-state index contributed by atoms with van der Waals surface area (Å²) in [5.41, 5.74) is 0.904. The van der Waals surface area contributed by atoms with Crippen LogP contribution in [0.5, 0.6) is 0 Å². The van der Waals surface area contributed by atoms with Gasteiger partial charge in [-0.15, -0.1) is 0 Å². The number of carbonyl (C=O) groups excluding carboxylic acids is 1. The van der Waals surface area contributed by atoms with Crippen LogP contribution in [-0.4, -0.2) is 39.3 Å². The van der Waals surface area contributed by atoms with E-state index in [0.29, 0.717) is 19.4 Å². The Balaban J connectivity index is 2.15. The molecule has 1 aromatic carbocycles. The first kappa shape index (κ1) is 14.5. The van der Waals surface area contributed by atoms with Crippen molar-refractivity contribution in [3.63, 3.8) is 0 Å². The molecule has 1 N–H and O–H groups in total. The van der Waals surface area contributed by atoms with Gasteiger partial charge in [-0.2, -0.15) is 0 Å². The summed E-state index contributed by atoms with van der Waals surface area (Å²) in [6, 6.07) is 6.68. The highest BCUT2D eigenvalue weighted by atomic mass is 79.9. The fourth-order valence-corrected chi connectivity index (χ4v) is 3.02. The van der Waals surface area contributed by atoms with Gasteiger partial charge in [-0.05, 0) is 17.7 Å². The summed E-state index contributed by atoms with van der Waals surface area (Å²) in [7, 11) is 0. The van der Waals surface area contributed by atoms with Gasteiger partial charge < -0.3 is 10.0 Å². The van der Waals surface area contributed by atoms with Crippen LogP contribution in [0.3, 0.4) is 0 Å². The number of aliphatic carboxylic acids is 1. The van der Waals surface area contributed by atoms with E-state index in [1.807, 2.05) is 24.3 Å². The molecule has 6 heteroatoms. The smallest absolute Gasteiger partial charge is 0.326 e. The minimum atomic E-state index is -0.960. The Hall–Kier alpha value is -0.880. The summed E-state index contributed by atoms with van der Waals surface area (Å²) in [6.07, 6.45) is 0.693. The third kappa shape index (κ3) is 3.57. The molecule has 2 atom stereocenters. The predicted molar refractivity (Wildman–Crippen MR) is 78.3 cm³/mol. The quantitative estimate of drug-likeness (QED) is 0.803. The minimum absolute atomic E-state index is 0.0479. The number of amides is 1. The second-order valence-corrected chi connectivity index (χ2v) is 6.74. The van der Waals surface area contributed by atoms with E-state index in [1.54, 1.807) is 0 Å². The molecule has 2 unspecified atom stereocenters. The number of hydrogen-bond donors (Lipinski definition) is 1. The molecule has 1 fully saturated rings. The molecule has 1 amide bonds. The van der Waals surface area contributed by atoms with Crippen LogP contribution in [0, 0.1) is 0 Å². The second kappa shape index (κ2) is 6.05. The van der Waals surface area contributed by atoms with Crippen molar-refractivity contribution in [3.8, 4) is 0 Å². The number of benzene rings is 1. The van der Waals surface area contributed by atoms with E-state index in [9.17, 15) is 14.7 Å². The van der Waals surface area contributed by atoms with Crippen LogP contribution in [-0.2, 0) is 16.0 Å². The first-order chi connectivity index (χ1) is 8.97. The second-order valence-electron chi connectivity index (χ2n) is 4.53. The van der Waals surface area contributed by atoms with Gasteiger partial charge >= 0.3 is 5.97 Å². The van der Waals surface area contributed by atoms with E-state index in [1.165, 1.54) is 4.90 Å². The van der Waals surface area contributed by atoms with Gasteiger partial charge in [0.05, 0.1) is 0 Å². The maximum absolute atomic E-state index is 11.8. The van der Waals surface area contributed by atoms with Crippen molar-refractivity contribution in [1.29, 1.82) is 0 Å². The molecule has 19 heavy (non-hydrogen) atoms. The zero-order valence-corrected chi connectivity index (χ0v) is 13.2. The number of hydrogen-bond acceptors (Lipinski definition) is 2. The Kier molecular flexibility index (Phi) is 4.62. The van der Waals surface area contributed by atoms with Gasteiger partial charge in [0.15, 0.2) is 0 Å². The lowest BCUT2D eigenvalue weighted by Gasteiger charge is -2.24. The molecule has 0 aliphatic carbocycles. The Morgan fingerprint density at radius 1 is 1.42 bits per heavy atom. The summed E-state index contributed by atoms with van der Waals surface area (Å²) in [4.78, 5) is 24.7. The summed E-state index contributed by atoms with van der Waals surface area (Å²) < 4.78 is 0.945. The number of alkyl halides is 1. The Labute approximate surface area is 128 Å². The number of likely N-dealkylation sites (tertiary alicyclic amines) is 1. The lowest BCUT2D eigenvalue weighted by molar-refractivity contribution is -0.148. The largest absolute Gasteiger partial charge is 0.480 e.